The molecule has 2 aromatic rings. The van der Waals surface area contributed by atoms with Crippen LogP contribution in [0.5, 0.6) is 17.5 Å². The second-order valence-corrected chi connectivity index (χ2v) is 4.36. The van der Waals surface area contributed by atoms with Crippen LogP contribution in [0.3, 0.4) is 0 Å². The molecule has 4 nitrogen and oxygen atoms in total. The molecule has 0 spiro atoms. The average molecular weight is 295 g/mol. The predicted molar refractivity (Wildman–Crippen MR) is 67.5 cm³/mol. The highest BCUT2D eigenvalue weighted by atomic mass is 79.9. The van der Waals surface area contributed by atoms with Gasteiger partial charge in [0.25, 0.3) is 0 Å². The van der Waals surface area contributed by atoms with E-state index in [0.29, 0.717) is 11.5 Å². The Kier molecular flexibility index (Phi) is 3.58. The molecule has 2 rings (SSSR count). The van der Waals surface area contributed by atoms with Crippen molar-refractivity contribution in [3.8, 4) is 17.5 Å². The van der Waals surface area contributed by atoms with Gasteiger partial charge in [0.05, 0.1) is 11.6 Å². The molecule has 5 heteroatoms. The lowest BCUT2D eigenvalue weighted by molar-refractivity contribution is 0.367. The van der Waals surface area contributed by atoms with Crippen molar-refractivity contribution in [1.29, 1.82) is 0 Å². The lowest BCUT2D eigenvalue weighted by Crippen LogP contribution is -1.94. The van der Waals surface area contributed by atoms with Crippen LogP contribution in [-0.4, -0.2) is 17.1 Å². The molecule has 0 unspecified atom stereocenters. The van der Waals surface area contributed by atoms with Gasteiger partial charge in [-0.25, -0.2) is 9.97 Å². The summed E-state index contributed by atoms with van der Waals surface area (Å²) >= 11 is 3.26. The van der Waals surface area contributed by atoms with E-state index < -0.39 is 0 Å². The summed E-state index contributed by atoms with van der Waals surface area (Å²) in [6, 6.07) is 5.96. The van der Waals surface area contributed by atoms with E-state index in [1.807, 2.05) is 25.1 Å². The molecular weight excluding hydrogens is 284 g/mol. The van der Waals surface area contributed by atoms with E-state index in [2.05, 4.69) is 25.9 Å². The van der Waals surface area contributed by atoms with Crippen molar-refractivity contribution in [3.05, 3.63) is 40.6 Å². The summed E-state index contributed by atoms with van der Waals surface area (Å²) < 4.78 is 11.6. The number of aromatic nitrogens is 2. The van der Waals surface area contributed by atoms with Gasteiger partial charge in [0, 0.05) is 12.4 Å². The van der Waals surface area contributed by atoms with Crippen LogP contribution in [0, 0.1) is 6.92 Å². The number of hydrogen-bond acceptors (Lipinski definition) is 4. The van der Waals surface area contributed by atoms with Gasteiger partial charge >= 0.3 is 6.01 Å². The van der Waals surface area contributed by atoms with Crippen LogP contribution in [-0.2, 0) is 0 Å². The van der Waals surface area contributed by atoms with Gasteiger partial charge in [-0.3, -0.25) is 0 Å². The maximum absolute atomic E-state index is 5.54. The molecular formula is C12H11BrN2O2. The van der Waals surface area contributed by atoms with Gasteiger partial charge in [0.1, 0.15) is 0 Å². The van der Waals surface area contributed by atoms with Crippen LogP contribution in [0.4, 0.5) is 0 Å². The number of methoxy groups -OCH3 is 1. The number of hydrogen-bond donors (Lipinski definition) is 0. The van der Waals surface area contributed by atoms with Gasteiger partial charge in [-0.15, -0.1) is 0 Å². The number of ether oxygens (including phenoxy) is 2. The van der Waals surface area contributed by atoms with Gasteiger partial charge < -0.3 is 9.47 Å². The van der Waals surface area contributed by atoms with Crippen molar-refractivity contribution >= 4 is 15.9 Å². The number of halogens is 1. The first kappa shape index (κ1) is 11.9. The molecule has 0 saturated carbocycles. The second-order valence-electron chi connectivity index (χ2n) is 3.44. The third kappa shape index (κ3) is 2.94. The Morgan fingerprint density at radius 1 is 1.12 bits per heavy atom. The van der Waals surface area contributed by atoms with Crippen molar-refractivity contribution in [2.45, 2.75) is 6.92 Å². The molecule has 0 aliphatic heterocycles. The Labute approximate surface area is 108 Å². The molecule has 88 valence electrons. The first-order chi connectivity index (χ1) is 8.19. The molecule has 0 amide bonds. The van der Waals surface area contributed by atoms with Gasteiger partial charge in [-0.2, -0.15) is 0 Å². The zero-order chi connectivity index (χ0) is 12.3. The van der Waals surface area contributed by atoms with Crippen molar-refractivity contribution in [2.24, 2.45) is 0 Å². The molecule has 0 bridgehead atoms. The minimum Gasteiger partial charge on any atom is -0.493 e. The quantitative estimate of drug-likeness (QED) is 0.871. The van der Waals surface area contributed by atoms with Gasteiger partial charge in [0.2, 0.25) is 0 Å². The Hall–Kier alpha value is -1.62. The van der Waals surface area contributed by atoms with E-state index in [4.69, 9.17) is 9.47 Å². The summed E-state index contributed by atoms with van der Waals surface area (Å²) in [6.45, 7) is 1.99. The average Bonchev–Trinajstić information content (AvgIpc) is 2.34. The third-order valence-corrected chi connectivity index (χ3v) is 2.53. The number of nitrogens with zero attached hydrogens (tertiary/aromatic N) is 2. The van der Waals surface area contributed by atoms with Crippen LogP contribution in [0.2, 0.25) is 0 Å². The van der Waals surface area contributed by atoms with E-state index >= 15 is 0 Å². The minimum absolute atomic E-state index is 0.287. The molecule has 0 N–H and O–H groups in total. The van der Waals surface area contributed by atoms with Crippen molar-refractivity contribution in [2.75, 3.05) is 7.11 Å². The molecule has 1 aromatic heterocycles. The Morgan fingerprint density at radius 2 is 1.82 bits per heavy atom. The van der Waals surface area contributed by atoms with Gasteiger partial charge in [-0.1, -0.05) is 6.07 Å². The Balaban J connectivity index is 2.26. The topological polar surface area (TPSA) is 44.2 Å². The predicted octanol–water partition coefficient (Wildman–Crippen LogP) is 3.35. The highest BCUT2D eigenvalue weighted by Crippen LogP contribution is 2.30. The van der Waals surface area contributed by atoms with Crippen molar-refractivity contribution < 1.29 is 9.47 Å². The smallest absolute Gasteiger partial charge is 0.322 e. The Morgan fingerprint density at radius 3 is 2.47 bits per heavy atom. The van der Waals surface area contributed by atoms with Crippen molar-refractivity contribution in [1.82, 2.24) is 9.97 Å². The summed E-state index contributed by atoms with van der Waals surface area (Å²) in [5.41, 5.74) is 1.10. The summed E-state index contributed by atoms with van der Waals surface area (Å²) in [4.78, 5) is 8.07. The van der Waals surface area contributed by atoms with E-state index in [0.717, 1.165) is 10.0 Å². The number of rotatable bonds is 3. The van der Waals surface area contributed by atoms with Crippen LogP contribution in [0.15, 0.2) is 35.1 Å². The highest BCUT2D eigenvalue weighted by molar-refractivity contribution is 9.10. The first-order valence-electron chi connectivity index (χ1n) is 4.99. The molecule has 0 radical (unpaired) electrons. The molecule has 0 atom stereocenters. The van der Waals surface area contributed by atoms with E-state index in [1.165, 1.54) is 0 Å². The van der Waals surface area contributed by atoms with E-state index in [-0.39, 0.29) is 6.01 Å². The largest absolute Gasteiger partial charge is 0.493 e. The SMILES string of the molecule is COc1cc(C)ccc1Oc1ncc(Br)cn1. The number of benzene rings is 1. The zero-order valence-corrected chi connectivity index (χ0v) is 11.1. The molecule has 1 heterocycles. The van der Waals surface area contributed by atoms with Gasteiger partial charge in [-0.05, 0) is 40.5 Å². The van der Waals surface area contributed by atoms with Gasteiger partial charge in [0.15, 0.2) is 11.5 Å². The van der Waals surface area contributed by atoms with Crippen LogP contribution in [0.1, 0.15) is 5.56 Å². The monoisotopic (exact) mass is 294 g/mol. The summed E-state index contributed by atoms with van der Waals surface area (Å²) in [6.07, 6.45) is 3.26. The molecule has 0 aliphatic rings. The fourth-order valence-electron chi connectivity index (χ4n) is 1.31. The molecule has 0 saturated heterocycles. The van der Waals surface area contributed by atoms with Crippen LogP contribution in [0.25, 0.3) is 0 Å². The highest BCUT2D eigenvalue weighted by Gasteiger charge is 2.07. The lowest BCUT2D eigenvalue weighted by atomic mass is 10.2. The molecule has 17 heavy (non-hydrogen) atoms. The van der Waals surface area contributed by atoms with Crippen LogP contribution < -0.4 is 9.47 Å². The van der Waals surface area contributed by atoms with Crippen molar-refractivity contribution in [3.63, 3.8) is 0 Å². The van der Waals surface area contributed by atoms with Crippen LogP contribution >= 0.6 is 15.9 Å². The fourth-order valence-corrected chi connectivity index (χ4v) is 1.52. The minimum atomic E-state index is 0.287. The van der Waals surface area contributed by atoms with E-state index in [1.54, 1.807) is 19.5 Å². The maximum atomic E-state index is 5.54. The second kappa shape index (κ2) is 5.14. The fraction of sp³-hybridized carbons (Fsp3) is 0.167. The molecule has 1 aromatic carbocycles. The summed E-state index contributed by atoms with van der Waals surface area (Å²) in [5, 5.41) is 0. The molecule has 0 aliphatic carbocycles. The zero-order valence-electron chi connectivity index (χ0n) is 9.48. The summed E-state index contributed by atoms with van der Waals surface area (Å²) in [5.74, 6) is 1.26. The Bertz CT molecular complexity index is 514. The lowest BCUT2D eigenvalue weighted by Gasteiger charge is -2.09. The normalized spacial score (nSPS) is 10.1. The maximum Gasteiger partial charge on any atom is 0.322 e. The number of aryl methyl sites for hydroxylation is 1. The standard InChI is InChI=1S/C12H11BrN2O2/c1-8-3-4-10(11(5-8)16-2)17-12-14-6-9(13)7-15-12/h3-7H,1-2H3. The van der Waals surface area contributed by atoms with E-state index in [9.17, 15) is 0 Å². The molecule has 0 fully saturated rings. The third-order valence-electron chi connectivity index (χ3n) is 2.12. The first-order valence-corrected chi connectivity index (χ1v) is 5.78. The summed E-state index contributed by atoms with van der Waals surface area (Å²) in [7, 11) is 1.60.